The highest BCUT2D eigenvalue weighted by Gasteiger charge is 2.04. The van der Waals surface area contributed by atoms with Crippen LogP contribution in [-0.2, 0) is 11.2 Å². The van der Waals surface area contributed by atoms with E-state index in [1.54, 1.807) is 18.3 Å². The average molecular weight is 280 g/mol. The number of nitrogens with zero attached hydrogens (tertiary/aromatic N) is 1. The maximum absolute atomic E-state index is 11.9. The molecule has 0 radical (unpaired) electrons. The van der Waals surface area contributed by atoms with E-state index in [2.05, 4.69) is 22.1 Å². The summed E-state index contributed by atoms with van der Waals surface area (Å²) in [4.78, 5) is 16.0. The molecule has 0 atom stereocenters. The average Bonchev–Trinajstić information content (AvgIpc) is 2.49. The molecule has 0 fully saturated rings. The van der Waals surface area contributed by atoms with Gasteiger partial charge in [0.15, 0.2) is 0 Å². The van der Waals surface area contributed by atoms with E-state index in [1.807, 2.05) is 30.3 Å². The molecule has 1 aromatic heterocycles. The molecule has 106 valence electrons. The molecule has 21 heavy (non-hydrogen) atoms. The van der Waals surface area contributed by atoms with Crippen LogP contribution in [0.25, 0.3) is 0 Å². The predicted octanol–water partition coefficient (Wildman–Crippen LogP) is 2.00. The Morgan fingerprint density at radius 2 is 2.05 bits per heavy atom. The Morgan fingerprint density at radius 1 is 1.24 bits per heavy atom. The van der Waals surface area contributed by atoms with Gasteiger partial charge >= 0.3 is 0 Å². The Balaban J connectivity index is 1.98. The van der Waals surface area contributed by atoms with Crippen LogP contribution in [0.1, 0.15) is 17.5 Å². The van der Waals surface area contributed by atoms with Crippen LogP contribution < -0.4 is 5.32 Å². The second kappa shape index (κ2) is 7.83. The number of anilines is 1. The molecule has 1 heterocycles. The minimum atomic E-state index is -0.117. The first-order chi connectivity index (χ1) is 10.3. The van der Waals surface area contributed by atoms with Crippen molar-refractivity contribution in [2.24, 2.45) is 0 Å². The number of carbonyl (C=O) groups is 1. The third kappa shape index (κ3) is 5.09. The molecule has 1 aromatic carbocycles. The van der Waals surface area contributed by atoms with Gasteiger partial charge in [-0.15, -0.1) is 0 Å². The van der Waals surface area contributed by atoms with Crippen LogP contribution in [0.15, 0.2) is 48.7 Å². The van der Waals surface area contributed by atoms with Gasteiger partial charge in [-0.3, -0.25) is 4.79 Å². The van der Waals surface area contributed by atoms with Crippen molar-refractivity contribution < 1.29 is 9.90 Å². The normalized spacial score (nSPS) is 9.57. The molecule has 4 heteroatoms. The molecule has 0 saturated carbocycles. The summed E-state index contributed by atoms with van der Waals surface area (Å²) in [6.07, 6.45) is 2.34. The van der Waals surface area contributed by atoms with Gasteiger partial charge in [0.1, 0.15) is 5.82 Å². The van der Waals surface area contributed by atoms with Gasteiger partial charge in [-0.25, -0.2) is 4.98 Å². The second-order valence-electron chi connectivity index (χ2n) is 4.42. The Kier molecular flexibility index (Phi) is 5.50. The highest BCUT2D eigenvalue weighted by Crippen LogP contribution is 2.07. The number of pyridine rings is 1. The number of benzene rings is 1. The number of aliphatic hydroxyl groups is 1. The van der Waals surface area contributed by atoms with Crippen molar-refractivity contribution in [1.82, 2.24) is 4.98 Å². The Labute approximate surface area is 123 Å². The Bertz CT molecular complexity index is 657. The van der Waals surface area contributed by atoms with Crippen molar-refractivity contribution in [2.75, 3.05) is 11.9 Å². The molecule has 0 aliphatic carbocycles. The highest BCUT2D eigenvalue weighted by atomic mass is 16.2. The van der Waals surface area contributed by atoms with Crippen LogP contribution >= 0.6 is 0 Å². The monoisotopic (exact) mass is 280 g/mol. The summed E-state index contributed by atoms with van der Waals surface area (Å²) in [5.41, 5.74) is 1.71. The Morgan fingerprint density at radius 3 is 2.81 bits per heavy atom. The fraction of sp³-hybridized carbons (Fsp3) is 0.176. The molecule has 2 rings (SSSR count). The molecular weight excluding hydrogens is 264 g/mol. The Hall–Kier alpha value is -2.64. The number of nitrogens with one attached hydrogen (secondary N) is 1. The topological polar surface area (TPSA) is 62.2 Å². The summed E-state index contributed by atoms with van der Waals surface area (Å²) in [5, 5.41) is 11.4. The minimum absolute atomic E-state index is 0.0404. The maximum atomic E-state index is 11.9. The molecule has 2 N–H and O–H groups in total. The van der Waals surface area contributed by atoms with Crippen molar-refractivity contribution in [2.45, 2.75) is 12.8 Å². The van der Waals surface area contributed by atoms with Gasteiger partial charge in [-0.2, -0.15) is 0 Å². The van der Waals surface area contributed by atoms with Crippen molar-refractivity contribution in [1.29, 1.82) is 0 Å². The predicted molar refractivity (Wildman–Crippen MR) is 81.6 cm³/mol. The lowest BCUT2D eigenvalue weighted by Crippen LogP contribution is -2.15. The first-order valence-corrected chi connectivity index (χ1v) is 6.67. The summed E-state index contributed by atoms with van der Waals surface area (Å²) < 4.78 is 0. The number of hydrogen-bond acceptors (Lipinski definition) is 3. The third-order valence-electron chi connectivity index (χ3n) is 2.70. The zero-order valence-corrected chi connectivity index (χ0v) is 11.5. The molecule has 0 saturated heterocycles. The highest BCUT2D eigenvalue weighted by molar-refractivity contribution is 5.91. The summed E-state index contributed by atoms with van der Waals surface area (Å²) in [6, 6.07) is 13.0. The summed E-state index contributed by atoms with van der Waals surface area (Å²) in [6.45, 7) is 0.0404. The zero-order valence-electron chi connectivity index (χ0n) is 11.5. The SMILES string of the molecule is O=C(Cc1ccccc1)Nc1cc(C#CCCO)ccn1. The van der Waals surface area contributed by atoms with E-state index in [0.29, 0.717) is 18.7 Å². The largest absolute Gasteiger partial charge is 0.395 e. The van der Waals surface area contributed by atoms with E-state index >= 15 is 0 Å². The van der Waals surface area contributed by atoms with Gasteiger partial charge in [0.25, 0.3) is 0 Å². The van der Waals surface area contributed by atoms with Gasteiger partial charge in [-0.1, -0.05) is 42.2 Å². The molecule has 1 amide bonds. The number of rotatable bonds is 4. The lowest BCUT2D eigenvalue weighted by Gasteiger charge is -2.04. The zero-order chi connectivity index (χ0) is 14.9. The van der Waals surface area contributed by atoms with Crippen molar-refractivity contribution in [3.05, 3.63) is 59.8 Å². The van der Waals surface area contributed by atoms with Crippen LogP contribution in [0.3, 0.4) is 0 Å². The summed E-state index contributed by atoms with van der Waals surface area (Å²) >= 11 is 0. The van der Waals surface area contributed by atoms with Gasteiger partial charge in [0.05, 0.1) is 13.0 Å². The van der Waals surface area contributed by atoms with E-state index in [-0.39, 0.29) is 12.5 Å². The van der Waals surface area contributed by atoms with Crippen LogP contribution in [0.5, 0.6) is 0 Å². The van der Waals surface area contributed by atoms with Crippen LogP contribution in [-0.4, -0.2) is 22.6 Å². The maximum Gasteiger partial charge on any atom is 0.229 e. The first kappa shape index (κ1) is 14.8. The van der Waals surface area contributed by atoms with Gasteiger partial charge in [0.2, 0.25) is 5.91 Å². The minimum Gasteiger partial charge on any atom is -0.395 e. The molecular formula is C17H16N2O2. The smallest absolute Gasteiger partial charge is 0.229 e. The van der Waals surface area contributed by atoms with Gasteiger partial charge in [0, 0.05) is 18.2 Å². The lowest BCUT2D eigenvalue weighted by molar-refractivity contribution is -0.115. The van der Waals surface area contributed by atoms with Gasteiger partial charge in [-0.05, 0) is 17.7 Å². The third-order valence-corrected chi connectivity index (χ3v) is 2.70. The number of hydrogen-bond donors (Lipinski definition) is 2. The fourth-order valence-electron chi connectivity index (χ4n) is 1.77. The number of aliphatic hydroxyl groups excluding tert-OH is 1. The van der Waals surface area contributed by atoms with E-state index in [0.717, 1.165) is 11.1 Å². The van der Waals surface area contributed by atoms with E-state index in [9.17, 15) is 4.79 Å². The molecule has 4 nitrogen and oxygen atoms in total. The number of amides is 1. The van der Waals surface area contributed by atoms with E-state index in [1.165, 1.54) is 0 Å². The van der Waals surface area contributed by atoms with Gasteiger partial charge < -0.3 is 10.4 Å². The van der Waals surface area contributed by atoms with E-state index in [4.69, 9.17) is 5.11 Å². The molecule has 0 unspecified atom stereocenters. The molecule has 0 aliphatic rings. The molecule has 0 spiro atoms. The molecule has 0 bridgehead atoms. The van der Waals surface area contributed by atoms with Crippen molar-refractivity contribution >= 4 is 11.7 Å². The lowest BCUT2D eigenvalue weighted by atomic mass is 10.1. The molecule has 0 aliphatic heterocycles. The quantitative estimate of drug-likeness (QED) is 0.842. The first-order valence-electron chi connectivity index (χ1n) is 6.67. The van der Waals surface area contributed by atoms with Crippen molar-refractivity contribution in [3.63, 3.8) is 0 Å². The second-order valence-corrected chi connectivity index (χ2v) is 4.42. The summed E-state index contributed by atoms with van der Waals surface area (Å²) in [7, 11) is 0. The van der Waals surface area contributed by atoms with E-state index < -0.39 is 0 Å². The summed E-state index contributed by atoms with van der Waals surface area (Å²) in [5.74, 6) is 6.10. The molecule has 2 aromatic rings. The van der Waals surface area contributed by atoms with Crippen LogP contribution in [0, 0.1) is 11.8 Å². The number of aromatic nitrogens is 1. The van der Waals surface area contributed by atoms with Crippen molar-refractivity contribution in [3.8, 4) is 11.8 Å². The fourth-order valence-corrected chi connectivity index (χ4v) is 1.77. The van der Waals surface area contributed by atoms with Crippen LogP contribution in [0.2, 0.25) is 0 Å². The van der Waals surface area contributed by atoms with Crippen LogP contribution in [0.4, 0.5) is 5.82 Å². The standard InChI is InChI=1S/C17H16N2O2/c20-11-5-4-8-15-9-10-18-16(12-15)19-17(21)13-14-6-2-1-3-7-14/h1-3,6-7,9-10,12,20H,5,11,13H2,(H,18,19,21). The number of carbonyl (C=O) groups excluding carboxylic acids is 1.